The topological polar surface area (TPSA) is 20.2 Å². The Balaban J connectivity index is 2.44. The monoisotopic (exact) mass is 328 g/mol. The van der Waals surface area contributed by atoms with Gasteiger partial charge in [-0.15, -0.1) is 0 Å². The lowest BCUT2D eigenvalue weighted by molar-refractivity contribution is 0.214. The van der Waals surface area contributed by atoms with Crippen LogP contribution in [-0.4, -0.2) is 5.11 Å². The fraction of sp³-hybridized carbons (Fsp3) is 0.143. The summed E-state index contributed by atoms with van der Waals surface area (Å²) >= 11 is 9.04. The van der Waals surface area contributed by atoms with E-state index in [9.17, 15) is 9.50 Å². The third-order valence-corrected chi connectivity index (χ3v) is 3.51. The van der Waals surface area contributed by atoms with Gasteiger partial charge in [0.05, 0.1) is 0 Å². The summed E-state index contributed by atoms with van der Waals surface area (Å²) in [5, 5.41) is 10.6. The van der Waals surface area contributed by atoms with E-state index in [1.165, 1.54) is 12.1 Å². The van der Waals surface area contributed by atoms with Crippen molar-refractivity contribution in [2.45, 2.75) is 13.0 Å². The van der Waals surface area contributed by atoms with E-state index in [4.69, 9.17) is 11.6 Å². The number of aryl methyl sites for hydroxylation is 1. The minimum absolute atomic E-state index is 0.227. The molecule has 1 unspecified atom stereocenters. The molecule has 4 heteroatoms. The molecule has 0 saturated carbocycles. The maximum atomic E-state index is 13.7. The highest BCUT2D eigenvalue weighted by Crippen LogP contribution is 2.29. The van der Waals surface area contributed by atoms with Crippen LogP contribution >= 0.6 is 27.5 Å². The molecule has 2 aromatic carbocycles. The predicted molar refractivity (Wildman–Crippen MR) is 74.4 cm³/mol. The van der Waals surface area contributed by atoms with Crippen LogP contribution in [-0.2, 0) is 0 Å². The molecule has 94 valence electrons. The van der Waals surface area contributed by atoms with Crippen molar-refractivity contribution in [3.05, 3.63) is 68.4 Å². The molecule has 1 N–H and O–H groups in total. The second kappa shape index (κ2) is 5.39. The van der Waals surface area contributed by atoms with Crippen LogP contribution < -0.4 is 0 Å². The molecular formula is C14H11BrClFO. The van der Waals surface area contributed by atoms with Gasteiger partial charge in [0, 0.05) is 15.1 Å². The molecule has 0 spiro atoms. The molecule has 0 radical (unpaired) electrons. The van der Waals surface area contributed by atoms with Crippen molar-refractivity contribution in [3.63, 3.8) is 0 Å². The van der Waals surface area contributed by atoms with Crippen LogP contribution in [0.4, 0.5) is 4.39 Å². The van der Waals surface area contributed by atoms with Crippen molar-refractivity contribution in [1.82, 2.24) is 0 Å². The van der Waals surface area contributed by atoms with Gasteiger partial charge in [-0.1, -0.05) is 39.7 Å². The van der Waals surface area contributed by atoms with E-state index in [-0.39, 0.29) is 5.56 Å². The van der Waals surface area contributed by atoms with Gasteiger partial charge in [0.1, 0.15) is 11.9 Å². The van der Waals surface area contributed by atoms with Crippen molar-refractivity contribution >= 4 is 27.5 Å². The first kappa shape index (κ1) is 13.5. The molecule has 1 nitrogen and oxygen atoms in total. The minimum atomic E-state index is -0.990. The molecule has 0 aromatic heterocycles. The summed E-state index contributed by atoms with van der Waals surface area (Å²) in [4.78, 5) is 0. The average molecular weight is 330 g/mol. The quantitative estimate of drug-likeness (QED) is 0.851. The summed E-state index contributed by atoms with van der Waals surface area (Å²) in [5.74, 6) is -0.502. The molecule has 0 aliphatic heterocycles. The fourth-order valence-electron chi connectivity index (χ4n) is 1.84. The Morgan fingerprint density at radius 1 is 1.17 bits per heavy atom. The average Bonchev–Trinajstić information content (AvgIpc) is 2.28. The maximum absolute atomic E-state index is 13.7. The molecule has 0 amide bonds. The van der Waals surface area contributed by atoms with E-state index >= 15 is 0 Å². The number of rotatable bonds is 2. The molecule has 18 heavy (non-hydrogen) atoms. The van der Waals surface area contributed by atoms with Gasteiger partial charge in [-0.05, 0) is 42.3 Å². The van der Waals surface area contributed by atoms with Gasteiger partial charge in [-0.2, -0.15) is 0 Å². The largest absolute Gasteiger partial charge is 0.384 e. The zero-order valence-corrected chi connectivity index (χ0v) is 12.0. The van der Waals surface area contributed by atoms with Crippen LogP contribution in [0.3, 0.4) is 0 Å². The van der Waals surface area contributed by atoms with Crippen LogP contribution in [0.5, 0.6) is 0 Å². The van der Waals surface area contributed by atoms with E-state index in [1.807, 2.05) is 19.1 Å². The van der Waals surface area contributed by atoms with Crippen LogP contribution in [0.15, 0.2) is 40.9 Å². The number of hydrogen-bond donors (Lipinski definition) is 1. The van der Waals surface area contributed by atoms with Gasteiger partial charge in [-0.3, -0.25) is 0 Å². The molecule has 0 heterocycles. The normalized spacial score (nSPS) is 12.5. The van der Waals surface area contributed by atoms with E-state index in [0.29, 0.717) is 10.6 Å². The molecule has 0 fully saturated rings. The van der Waals surface area contributed by atoms with Crippen molar-refractivity contribution < 1.29 is 9.50 Å². The summed E-state index contributed by atoms with van der Waals surface area (Å²) in [6, 6.07) is 9.75. The number of aliphatic hydroxyl groups excluding tert-OH is 1. The Labute approximate surface area is 118 Å². The van der Waals surface area contributed by atoms with Crippen LogP contribution in [0.1, 0.15) is 22.8 Å². The van der Waals surface area contributed by atoms with Gasteiger partial charge in [0.25, 0.3) is 0 Å². The molecule has 2 rings (SSSR count). The Morgan fingerprint density at radius 2 is 1.83 bits per heavy atom. The zero-order valence-electron chi connectivity index (χ0n) is 9.62. The molecule has 0 aliphatic rings. The number of halogens is 3. The first-order chi connectivity index (χ1) is 8.49. The number of aliphatic hydroxyl groups is 1. The third-order valence-electron chi connectivity index (χ3n) is 2.78. The van der Waals surface area contributed by atoms with E-state index < -0.39 is 11.9 Å². The first-order valence-electron chi connectivity index (χ1n) is 5.38. The van der Waals surface area contributed by atoms with Crippen molar-refractivity contribution in [3.8, 4) is 0 Å². The van der Waals surface area contributed by atoms with E-state index in [0.717, 1.165) is 10.0 Å². The van der Waals surface area contributed by atoms with Crippen molar-refractivity contribution in [2.24, 2.45) is 0 Å². The molecular weight excluding hydrogens is 319 g/mol. The van der Waals surface area contributed by atoms with Crippen LogP contribution in [0.2, 0.25) is 5.02 Å². The van der Waals surface area contributed by atoms with Crippen molar-refractivity contribution in [2.75, 3.05) is 0 Å². The van der Waals surface area contributed by atoms with Gasteiger partial charge >= 0.3 is 0 Å². The predicted octanol–water partition coefficient (Wildman–Crippen LogP) is 4.63. The zero-order chi connectivity index (χ0) is 13.3. The Bertz CT molecular complexity index is 535. The molecule has 0 aliphatic carbocycles. The smallest absolute Gasteiger partial charge is 0.130 e. The lowest BCUT2D eigenvalue weighted by Gasteiger charge is -2.15. The standard InChI is InChI=1S/C14H11BrClFO/c1-8-6-9(15)2-4-11(8)14(18)12-5-3-10(16)7-13(12)17/h2-7,14,18H,1H3. The molecule has 1 atom stereocenters. The minimum Gasteiger partial charge on any atom is -0.384 e. The first-order valence-corrected chi connectivity index (χ1v) is 6.55. The van der Waals surface area contributed by atoms with Gasteiger partial charge in [0.2, 0.25) is 0 Å². The summed E-state index contributed by atoms with van der Waals surface area (Å²) in [6.45, 7) is 1.87. The summed E-state index contributed by atoms with van der Waals surface area (Å²) in [5.41, 5.74) is 1.80. The summed E-state index contributed by atoms with van der Waals surface area (Å²) < 4.78 is 14.7. The van der Waals surface area contributed by atoms with E-state index in [1.54, 1.807) is 12.1 Å². The van der Waals surface area contributed by atoms with Crippen molar-refractivity contribution in [1.29, 1.82) is 0 Å². The number of hydrogen-bond acceptors (Lipinski definition) is 1. The van der Waals surface area contributed by atoms with Gasteiger partial charge in [0.15, 0.2) is 0 Å². The Morgan fingerprint density at radius 3 is 2.44 bits per heavy atom. The highest BCUT2D eigenvalue weighted by Gasteiger charge is 2.17. The Hall–Kier alpha value is -0.900. The summed E-state index contributed by atoms with van der Waals surface area (Å²) in [6.07, 6.45) is -0.990. The fourth-order valence-corrected chi connectivity index (χ4v) is 2.47. The lowest BCUT2D eigenvalue weighted by atomic mass is 9.97. The van der Waals surface area contributed by atoms with E-state index in [2.05, 4.69) is 15.9 Å². The lowest BCUT2D eigenvalue weighted by Crippen LogP contribution is -2.04. The second-order valence-electron chi connectivity index (χ2n) is 4.07. The second-order valence-corrected chi connectivity index (χ2v) is 5.42. The molecule has 0 saturated heterocycles. The van der Waals surface area contributed by atoms with Gasteiger partial charge in [-0.25, -0.2) is 4.39 Å². The third kappa shape index (κ3) is 2.74. The molecule has 0 bridgehead atoms. The highest BCUT2D eigenvalue weighted by molar-refractivity contribution is 9.10. The summed E-state index contributed by atoms with van der Waals surface area (Å²) in [7, 11) is 0. The molecule has 2 aromatic rings. The number of benzene rings is 2. The van der Waals surface area contributed by atoms with Crippen LogP contribution in [0.25, 0.3) is 0 Å². The van der Waals surface area contributed by atoms with Gasteiger partial charge < -0.3 is 5.11 Å². The van der Waals surface area contributed by atoms with Crippen LogP contribution in [0, 0.1) is 12.7 Å². The SMILES string of the molecule is Cc1cc(Br)ccc1C(O)c1ccc(Cl)cc1F. The maximum Gasteiger partial charge on any atom is 0.130 e. The highest BCUT2D eigenvalue weighted by atomic mass is 79.9. The Kier molecular flexibility index (Phi) is 4.05.